The van der Waals surface area contributed by atoms with Gasteiger partial charge in [0.05, 0.1) is 5.60 Å². The van der Waals surface area contributed by atoms with E-state index in [0.29, 0.717) is 6.42 Å². The molecule has 0 bridgehead atoms. The molecule has 0 aromatic carbocycles. The van der Waals surface area contributed by atoms with Gasteiger partial charge in [-0.05, 0) is 19.3 Å². The van der Waals surface area contributed by atoms with Crippen molar-refractivity contribution in [2.24, 2.45) is 0 Å². The summed E-state index contributed by atoms with van der Waals surface area (Å²) < 4.78 is 0. The summed E-state index contributed by atoms with van der Waals surface area (Å²) in [5.41, 5.74) is -0.604. The van der Waals surface area contributed by atoms with E-state index in [1.807, 2.05) is 0 Å². The van der Waals surface area contributed by atoms with Crippen LogP contribution in [0.4, 0.5) is 0 Å². The molecule has 0 saturated heterocycles. The largest absolute Gasteiger partial charge is 0.396 e. The van der Waals surface area contributed by atoms with Crippen molar-refractivity contribution < 1.29 is 10.2 Å². The zero-order valence-electron chi connectivity index (χ0n) is 13.3. The van der Waals surface area contributed by atoms with E-state index in [-0.39, 0.29) is 6.61 Å². The molecule has 0 fully saturated rings. The van der Waals surface area contributed by atoms with Crippen molar-refractivity contribution in [2.75, 3.05) is 6.61 Å². The van der Waals surface area contributed by atoms with Crippen LogP contribution in [0, 0.1) is 0 Å². The van der Waals surface area contributed by atoms with E-state index in [2.05, 4.69) is 13.8 Å². The molecule has 0 unspecified atom stereocenters. The highest BCUT2D eigenvalue weighted by Crippen LogP contribution is 2.26. The smallest absolute Gasteiger partial charge is 0.0669 e. The highest BCUT2D eigenvalue weighted by Gasteiger charge is 2.24. The molecule has 0 rings (SSSR count). The van der Waals surface area contributed by atoms with Crippen molar-refractivity contribution in [3.8, 4) is 0 Å². The summed E-state index contributed by atoms with van der Waals surface area (Å²) in [6.07, 6.45) is 14.6. The fourth-order valence-electron chi connectivity index (χ4n) is 2.70. The summed E-state index contributed by atoms with van der Waals surface area (Å²) in [5.74, 6) is 0. The topological polar surface area (TPSA) is 40.5 Å². The predicted octanol–water partition coefficient (Wildman–Crippen LogP) is 4.82. The number of unbranched alkanes of at least 4 members (excludes halogenated alkanes) is 8. The van der Waals surface area contributed by atoms with Crippen LogP contribution in [0.15, 0.2) is 0 Å². The van der Waals surface area contributed by atoms with Crippen molar-refractivity contribution in [2.45, 2.75) is 103 Å². The minimum Gasteiger partial charge on any atom is -0.396 e. The lowest BCUT2D eigenvalue weighted by Crippen LogP contribution is -2.30. The average Bonchev–Trinajstić information content (AvgIpc) is 2.39. The second-order valence-electron chi connectivity index (χ2n) is 6.03. The minimum absolute atomic E-state index is 0.112. The summed E-state index contributed by atoms with van der Waals surface area (Å²) >= 11 is 0. The zero-order valence-corrected chi connectivity index (χ0v) is 13.3. The standard InChI is InChI=1S/C17H36O2/c1-3-5-7-9-11-13-17(19,15-16-18)14-12-10-8-6-4-2/h18-19H,3-16H2,1-2H3. The van der Waals surface area contributed by atoms with Crippen molar-refractivity contribution in [1.29, 1.82) is 0 Å². The first-order valence-electron chi connectivity index (χ1n) is 8.51. The maximum atomic E-state index is 10.6. The molecule has 0 amide bonds. The first-order chi connectivity index (χ1) is 9.18. The van der Waals surface area contributed by atoms with Crippen molar-refractivity contribution in [3.63, 3.8) is 0 Å². The summed E-state index contributed by atoms with van der Waals surface area (Å²) in [5, 5.41) is 19.7. The second kappa shape index (κ2) is 12.9. The van der Waals surface area contributed by atoms with E-state index in [4.69, 9.17) is 5.11 Å². The van der Waals surface area contributed by atoms with E-state index in [1.54, 1.807) is 0 Å². The zero-order chi connectivity index (χ0) is 14.4. The SMILES string of the molecule is CCCCCCCC(O)(CCO)CCCCCCC. The molecule has 2 heteroatoms. The van der Waals surface area contributed by atoms with Gasteiger partial charge in [-0.1, -0.05) is 78.1 Å². The first kappa shape index (κ1) is 18.9. The molecule has 0 aliphatic carbocycles. The fraction of sp³-hybridized carbons (Fsp3) is 1.00. The molecule has 2 nitrogen and oxygen atoms in total. The summed E-state index contributed by atoms with van der Waals surface area (Å²) in [6.45, 7) is 4.55. The number of hydrogen-bond acceptors (Lipinski definition) is 2. The third kappa shape index (κ3) is 11.4. The van der Waals surface area contributed by atoms with Gasteiger partial charge in [-0.2, -0.15) is 0 Å². The predicted molar refractivity (Wildman–Crippen MR) is 83.4 cm³/mol. The Balaban J connectivity index is 3.76. The van der Waals surface area contributed by atoms with Crippen LogP contribution in [0.3, 0.4) is 0 Å². The van der Waals surface area contributed by atoms with E-state index < -0.39 is 5.60 Å². The fourth-order valence-corrected chi connectivity index (χ4v) is 2.70. The van der Waals surface area contributed by atoms with E-state index in [0.717, 1.165) is 25.7 Å². The Morgan fingerprint density at radius 3 is 1.42 bits per heavy atom. The Morgan fingerprint density at radius 1 is 0.632 bits per heavy atom. The van der Waals surface area contributed by atoms with E-state index in [9.17, 15) is 5.11 Å². The lowest BCUT2D eigenvalue weighted by molar-refractivity contribution is -0.00408. The molecule has 0 saturated carbocycles. The normalized spacial score (nSPS) is 12.0. The molecule has 2 N–H and O–H groups in total. The van der Waals surface area contributed by atoms with Gasteiger partial charge in [0.1, 0.15) is 0 Å². The Morgan fingerprint density at radius 2 is 1.05 bits per heavy atom. The molecular formula is C17H36O2. The summed E-state index contributed by atoms with van der Waals surface area (Å²) in [4.78, 5) is 0. The molecule has 0 aliphatic rings. The van der Waals surface area contributed by atoms with Crippen molar-refractivity contribution >= 4 is 0 Å². The van der Waals surface area contributed by atoms with Crippen LogP contribution in [-0.4, -0.2) is 22.4 Å². The van der Waals surface area contributed by atoms with Crippen LogP contribution in [0.1, 0.15) is 97.3 Å². The molecular weight excluding hydrogens is 236 g/mol. The Bertz CT molecular complexity index is 166. The van der Waals surface area contributed by atoms with Crippen molar-refractivity contribution in [3.05, 3.63) is 0 Å². The van der Waals surface area contributed by atoms with Gasteiger partial charge in [-0.25, -0.2) is 0 Å². The molecule has 0 atom stereocenters. The molecule has 116 valence electrons. The van der Waals surface area contributed by atoms with Crippen LogP contribution in [0.5, 0.6) is 0 Å². The lowest BCUT2D eigenvalue weighted by Gasteiger charge is -2.27. The van der Waals surface area contributed by atoms with Crippen LogP contribution in [-0.2, 0) is 0 Å². The van der Waals surface area contributed by atoms with Gasteiger partial charge in [-0.3, -0.25) is 0 Å². The van der Waals surface area contributed by atoms with Gasteiger partial charge in [0, 0.05) is 6.61 Å². The first-order valence-corrected chi connectivity index (χ1v) is 8.51. The van der Waals surface area contributed by atoms with Crippen LogP contribution < -0.4 is 0 Å². The third-order valence-electron chi connectivity index (χ3n) is 4.07. The minimum atomic E-state index is -0.604. The van der Waals surface area contributed by atoms with Gasteiger partial charge in [0.25, 0.3) is 0 Å². The molecule has 0 radical (unpaired) electrons. The quantitative estimate of drug-likeness (QED) is 0.445. The molecule has 0 aromatic heterocycles. The van der Waals surface area contributed by atoms with Crippen molar-refractivity contribution in [1.82, 2.24) is 0 Å². The van der Waals surface area contributed by atoms with Gasteiger partial charge in [0.2, 0.25) is 0 Å². The molecule has 0 aliphatic heterocycles. The highest BCUT2D eigenvalue weighted by atomic mass is 16.3. The monoisotopic (exact) mass is 272 g/mol. The molecule has 19 heavy (non-hydrogen) atoms. The maximum Gasteiger partial charge on any atom is 0.0669 e. The Kier molecular flexibility index (Phi) is 12.9. The number of aliphatic hydroxyl groups is 2. The number of rotatable bonds is 14. The Hall–Kier alpha value is -0.0800. The number of hydrogen-bond donors (Lipinski definition) is 2. The molecule has 0 spiro atoms. The van der Waals surface area contributed by atoms with Gasteiger partial charge in [-0.15, -0.1) is 0 Å². The molecule has 0 aromatic rings. The lowest BCUT2D eigenvalue weighted by atomic mass is 9.87. The third-order valence-corrected chi connectivity index (χ3v) is 4.07. The Labute approximate surface area is 120 Å². The molecule has 0 heterocycles. The summed E-state index contributed by atoms with van der Waals surface area (Å²) in [6, 6.07) is 0. The average molecular weight is 272 g/mol. The van der Waals surface area contributed by atoms with Gasteiger partial charge >= 0.3 is 0 Å². The van der Waals surface area contributed by atoms with Gasteiger partial charge < -0.3 is 10.2 Å². The second-order valence-corrected chi connectivity index (χ2v) is 6.03. The maximum absolute atomic E-state index is 10.6. The van der Waals surface area contributed by atoms with Gasteiger partial charge in [0.15, 0.2) is 0 Å². The highest BCUT2D eigenvalue weighted by molar-refractivity contribution is 4.78. The number of aliphatic hydroxyl groups excluding tert-OH is 1. The van der Waals surface area contributed by atoms with Crippen LogP contribution in [0.2, 0.25) is 0 Å². The summed E-state index contributed by atoms with van der Waals surface area (Å²) in [7, 11) is 0. The van der Waals surface area contributed by atoms with E-state index in [1.165, 1.54) is 51.4 Å². The van der Waals surface area contributed by atoms with Crippen LogP contribution in [0.25, 0.3) is 0 Å². The van der Waals surface area contributed by atoms with E-state index >= 15 is 0 Å². The van der Waals surface area contributed by atoms with Crippen LogP contribution >= 0.6 is 0 Å².